The fourth-order valence-electron chi connectivity index (χ4n) is 2.63. The number of nitrogens with one attached hydrogen (secondary N) is 1. The Bertz CT molecular complexity index is 686. The summed E-state index contributed by atoms with van der Waals surface area (Å²) in [5.41, 5.74) is 2.34. The number of para-hydroxylation sites is 1. The Morgan fingerprint density at radius 1 is 1.14 bits per heavy atom. The van der Waals surface area contributed by atoms with Gasteiger partial charge in [-0.1, -0.05) is 25.1 Å². The summed E-state index contributed by atoms with van der Waals surface area (Å²) in [7, 11) is 0. The van der Waals surface area contributed by atoms with Gasteiger partial charge in [0.25, 0.3) is 0 Å². The lowest BCUT2D eigenvalue weighted by Gasteiger charge is -2.17. The molecule has 3 nitrogen and oxygen atoms in total. The van der Waals surface area contributed by atoms with E-state index in [0.29, 0.717) is 0 Å². The molecule has 0 fully saturated rings. The molecule has 1 unspecified atom stereocenters. The Balaban J connectivity index is 1.90. The molecular formula is C18H20N2O. The van der Waals surface area contributed by atoms with Gasteiger partial charge in [0.2, 0.25) is 0 Å². The molecule has 0 aliphatic rings. The average Bonchev–Trinajstić information content (AvgIpc) is 3.06. The number of pyridine rings is 1. The summed E-state index contributed by atoms with van der Waals surface area (Å²) in [5, 5.41) is 4.79. The second kappa shape index (κ2) is 6.55. The maximum Gasteiger partial charge on any atom is 0.121 e. The highest BCUT2D eigenvalue weighted by Crippen LogP contribution is 2.23. The van der Waals surface area contributed by atoms with E-state index < -0.39 is 0 Å². The lowest BCUT2D eigenvalue weighted by Crippen LogP contribution is -2.23. The van der Waals surface area contributed by atoms with E-state index in [1.165, 1.54) is 10.9 Å². The van der Waals surface area contributed by atoms with Crippen LogP contribution in [0.5, 0.6) is 0 Å². The minimum absolute atomic E-state index is 0.200. The molecular weight excluding hydrogens is 260 g/mol. The normalized spacial score (nSPS) is 12.6. The summed E-state index contributed by atoms with van der Waals surface area (Å²) >= 11 is 0. The van der Waals surface area contributed by atoms with Crippen LogP contribution in [0.25, 0.3) is 10.9 Å². The van der Waals surface area contributed by atoms with Crippen molar-refractivity contribution in [1.29, 1.82) is 0 Å². The van der Waals surface area contributed by atoms with Crippen molar-refractivity contribution in [3.8, 4) is 0 Å². The molecule has 1 aromatic carbocycles. The summed E-state index contributed by atoms with van der Waals surface area (Å²) in [6, 6.07) is 14.6. The summed E-state index contributed by atoms with van der Waals surface area (Å²) in [6.45, 7) is 3.16. The summed E-state index contributed by atoms with van der Waals surface area (Å²) in [6.07, 6.45) is 5.63. The van der Waals surface area contributed by atoms with Crippen molar-refractivity contribution in [3.63, 3.8) is 0 Å². The van der Waals surface area contributed by atoms with Gasteiger partial charge >= 0.3 is 0 Å². The Kier molecular flexibility index (Phi) is 4.31. The van der Waals surface area contributed by atoms with Crippen molar-refractivity contribution in [2.75, 3.05) is 6.54 Å². The molecule has 0 saturated carbocycles. The quantitative estimate of drug-likeness (QED) is 0.738. The van der Waals surface area contributed by atoms with Crippen molar-refractivity contribution >= 4 is 10.9 Å². The van der Waals surface area contributed by atoms with Crippen molar-refractivity contribution in [3.05, 3.63) is 66.2 Å². The number of rotatable bonds is 6. The molecule has 0 radical (unpaired) electrons. The first-order valence-electron chi connectivity index (χ1n) is 7.48. The highest BCUT2D eigenvalue weighted by atomic mass is 16.3. The molecule has 108 valence electrons. The van der Waals surface area contributed by atoms with Gasteiger partial charge < -0.3 is 9.73 Å². The highest BCUT2D eigenvalue weighted by Gasteiger charge is 2.15. The molecule has 0 saturated heterocycles. The zero-order valence-electron chi connectivity index (χ0n) is 12.3. The topological polar surface area (TPSA) is 38.1 Å². The fourth-order valence-corrected chi connectivity index (χ4v) is 2.63. The number of hydrogen-bond donors (Lipinski definition) is 1. The molecule has 2 aromatic heterocycles. The average molecular weight is 280 g/mol. The summed E-state index contributed by atoms with van der Waals surface area (Å²) in [4.78, 5) is 4.43. The van der Waals surface area contributed by atoms with Gasteiger partial charge in [-0.3, -0.25) is 4.98 Å². The van der Waals surface area contributed by atoms with Crippen molar-refractivity contribution in [2.45, 2.75) is 25.8 Å². The van der Waals surface area contributed by atoms with Gasteiger partial charge in [-0.15, -0.1) is 0 Å². The molecule has 1 atom stereocenters. The van der Waals surface area contributed by atoms with E-state index >= 15 is 0 Å². The Morgan fingerprint density at radius 3 is 2.86 bits per heavy atom. The van der Waals surface area contributed by atoms with Gasteiger partial charge in [0, 0.05) is 11.6 Å². The monoisotopic (exact) mass is 280 g/mol. The summed E-state index contributed by atoms with van der Waals surface area (Å²) in [5.74, 6) is 0.990. The van der Waals surface area contributed by atoms with Gasteiger partial charge in [0.05, 0.1) is 17.8 Å². The van der Waals surface area contributed by atoms with Crippen LogP contribution in [0.1, 0.15) is 30.7 Å². The van der Waals surface area contributed by atoms with Crippen LogP contribution in [0.3, 0.4) is 0 Å². The zero-order valence-corrected chi connectivity index (χ0v) is 12.3. The first-order chi connectivity index (χ1) is 10.4. The van der Waals surface area contributed by atoms with Crippen molar-refractivity contribution < 1.29 is 4.42 Å². The Hall–Kier alpha value is -2.13. The largest absolute Gasteiger partial charge is 0.468 e. The van der Waals surface area contributed by atoms with Gasteiger partial charge in [-0.05, 0) is 49.2 Å². The second-order valence-corrected chi connectivity index (χ2v) is 5.21. The van der Waals surface area contributed by atoms with Crippen LogP contribution in [0.15, 0.2) is 59.3 Å². The lowest BCUT2D eigenvalue weighted by molar-refractivity contribution is 0.411. The molecule has 0 bridgehead atoms. The third-order valence-corrected chi connectivity index (χ3v) is 3.69. The fraction of sp³-hybridized carbons (Fsp3) is 0.278. The van der Waals surface area contributed by atoms with Crippen LogP contribution >= 0.6 is 0 Å². The maximum atomic E-state index is 5.60. The molecule has 0 amide bonds. The lowest BCUT2D eigenvalue weighted by atomic mass is 10.0. The Labute approximate surface area is 125 Å². The van der Waals surface area contributed by atoms with E-state index in [-0.39, 0.29) is 6.04 Å². The molecule has 2 heterocycles. The molecule has 3 aromatic rings. The minimum Gasteiger partial charge on any atom is -0.468 e. The van der Waals surface area contributed by atoms with Crippen LogP contribution in [-0.4, -0.2) is 11.5 Å². The van der Waals surface area contributed by atoms with E-state index in [9.17, 15) is 0 Å². The highest BCUT2D eigenvalue weighted by molar-refractivity contribution is 5.81. The third-order valence-electron chi connectivity index (χ3n) is 3.69. The van der Waals surface area contributed by atoms with Gasteiger partial charge in [-0.25, -0.2) is 0 Å². The summed E-state index contributed by atoms with van der Waals surface area (Å²) < 4.78 is 5.60. The molecule has 3 heteroatoms. The molecule has 0 aliphatic heterocycles. The minimum atomic E-state index is 0.200. The SMILES string of the molecule is CCCNC(Cc1ccnc2ccccc12)c1ccco1. The van der Waals surface area contributed by atoms with E-state index in [0.717, 1.165) is 30.7 Å². The van der Waals surface area contributed by atoms with E-state index in [2.05, 4.69) is 41.5 Å². The first kappa shape index (κ1) is 13.8. The zero-order chi connectivity index (χ0) is 14.5. The molecule has 1 N–H and O–H groups in total. The van der Waals surface area contributed by atoms with E-state index in [1.54, 1.807) is 6.26 Å². The number of aromatic nitrogens is 1. The standard InChI is InChI=1S/C18H20N2O/c1-2-10-19-17(18-8-5-12-21-18)13-14-9-11-20-16-7-4-3-6-15(14)16/h3-9,11-12,17,19H,2,10,13H2,1H3. The van der Waals surface area contributed by atoms with Crippen LogP contribution in [0, 0.1) is 0 Å². The first-order valence-corrected chi connectivity index (χ1v) is 7.48. The number of benzene rings is 1. The van der Waals surface area contributed by atoms with Crippen LogP contribution in [-0.2, 0) is 6.42 Å². The van der Waals surface area contributed by atoms with Crippen molar-refractivity contribution in [2.24, 2.45) is 0 Å². The van der Waals surface area contributed by atoms with Gasteiger partial charge in [-0.2, -0.15) is 0 Å². The van der Waals surface area contributed by atoms with E-state index in [1.807, 2.05) is 24.4 Å². The molecule has 0 aliphatic carbocycles. The van der Waals surface area contributed by atoms with Crippen molar-refractivity contribution in [1.82, 2.24) is 10.3 Å². The predicted octanol–water partition coefficient (Wildman–Crippen LogP) is 4.11. The van der Waals surface area contributed by atoms with Gasteiger partial charge in [0.1, 0.15) is 5.76 Å². The number of hydrogen-bond acceptors (Lipinski definition) is 3. The second-order valence-electron chi connectivity index (χ2n) is 5.21. The number of fused-ring (bicyclic) bond motifs is 1. The van der Waals surface area contributed by atoms with Crippen LogP contribution in [0.4, 0.5) is 0 Å². The third kappa shape index (κ3) is 3.14. The molecule has 0 spiro atoms. The predicted molar refractivity (Wildman–Crippen MR) is 85.2 cm³/mol. The Morgan fingerprint density at radius 2 is 2.05 bits per heavy atom. The molecule has 3 rings (SSSR count). The van der Waals surface area contributed by atoms with E-state index in [4.69, 9.17) is 4.42 Å². The van der Waals surface area contributed by atoms with Gasteiger partial charge in [0.15, 0.2) is 0 Å². The molecule has 21 heavy (non-hydrogen) atoms. The van der Waals surface area contributed by atoms with Crippen LogP contribution < -0.4 is 5.32 Å². The maximum absolute atomic E-state index is 5.60. The number of furan rings is 1. The van der Waals surface area contributed by atoms with Crippen LogP contribution in [0.2, 0.25) is 0 Å². The number of nitrogens with zero attached hydrogens (tertiary/aromatic N) is 1. The smallest absolute Gasteiger partial charge is 0.121 e.